The molecular weight excluding hydrogens is 331 g/mol. The topological polar surface area (TPSA) is 53.7 Å². The van der Waals surface area contributed by atoms with Crippen LogP contribution in [0.2, 0.25) is 0 Å². The van der Waals surface area contributed by atoms with Crippen molar-refractivity contribution in [2.24, 2.45) is 0 Å². The molecule has 26 heavy (non-hydrogen) atoms. The molecule has 1 aromatic carbocycles. The van der Waals surface area contributed by atoms with Crippen molar-refractivity contribution in [1.82, 2.24) is 14.6 Å². The molecule has 0 saturated carbocycles. The second-order valence-corrected chi connectivity index (χ2v) is 7.07. The van der Waals surface area contributed by atoms with Crippen molar-refractivity contribution in [2.45, 2.75) is 39.7 Å². The van der Waals surface area contributed by atoms with Gasteiger partial charge in [-0.15, -0.1) is 0 Å². The van der Waals surface area contributed by atoms with Crippen LogP contribution in [0.3, 0.4) is 0 Å². The smallest absolute Gasteiger partial charge is 0.165 e. The van der Waals surface area contributed by atoms with E-state index in [1.807, 2.05) is 18.4 Å². The highest BCUT2D eigenvalue weighted by molar-refractivity contribution is 5.81. The molecule has 0 bridgehead atoms. The minimum Gasteiger partial charge on any atom is -0.393 e. The van der Waals surface area contributed by atoms with Crippen LogP contribution in [0.5, 0.6) is 0 Å². The number of hydrogen-bond donors (Lipinski definition) is 1. The number of nitrogens with zero attached hydrogens (tertiary/aromatic N) is 4. The molecule has 1 saturated heterocycles. The molecule has 3 heterocycles. The predicted octanol–water partition coefficient (Wildman–Crippen LogP) is 3.42. The second kappa shape index (κ2) is 6.36. The molecule has 2 aromatic heterocycles. The van der Waals surface area contributed by atoms with E-state index in [9.17, 15) is 9.50 Å². The van der Waals surface area contributed by atoms with Gasteiger partial charge in [0.25, 0.3) is 0 Å². The van der Waals surface area contributed by atoms with Gasteiger partial charge in [-0.25, -0.2) is 9.37 Å². The fourth-order valence-electron chi connectivity index (χ4n) is 3.73. The Bertz CT molecular complexity index is 956. The summed E-state index contributed by atoms with van der Waals surface area (Å²) >= 11 is 0. The van der Waals surface area contributed by atoms with Crippen molar-refractivity contribution in [3.05, 3.63) is 47.0 Å². The monoisotopic (exact) mass is 354 g/mol. The van der Waals surface area contributed by atoms with Crippen LogP contribution in [0.4, 0.5) is 10.2 Å². The Morgan fingerprint density at radius 3 is 2.35 bits per heavy atom. The number of fused-ring (bicyclic) bond motifs is 1. The number of aromatic nitrogens is 3. The lowest BCUT2D eigenvalue weighted by Crippen LogP contribution is -2.37. The molecule has 1 N–H and O–H groups in total. The molecule has 0 spiro atoms. The van der Waals surface area contributed by atoms with Crippen molar-refractivity contribution in [3.8, 4) is 11.1 Å². The number of aliphatic hydroxyl groups excluding tert-OH is 1. The summed E-state index contributed by atoms with van der Waals surface area (Å²) in [7, 11) is 0. The molecule has 3 aromatic rings. The molecule has 1 aliphatic rings. The number of aliphatic hydroxyl groups is 1. The molecular formula is C20H23FN4O. The number of benzene rings is 1. The minimum absolute atomic E-state index is 0.223. The van der Waals surface area contributed by atoms with Crippen LogP contribution in [0, 0.1) is 26.6 Å². The molecule has 0 aliphatic carbocycles. The van der Waals surface area contributed by atoms with E-state index < -0.39 is 0 Å². The predicted molar refractivity (Wildman–Crippen MR) is 100 cm³/mol. The van der Waals surface area contributed by atoms with Crippen LogP contribution in [0.1, 0.15) is 29.8 Å². The molecule has 0 atom stereocenters. The molecule has 4 rings (SSSR count). The maximum atomic E-state index is 13.3. The summed E-state index contributed by atoms with van der Waals surface area (Å²) in [6.45, 7) is 7.63. The number of halogens is 1. The van der Waals surface area contributed by atoms with E-state index in [2.05, 4.69) is 11.8 Å². The van der Waals surface area contributed by atoms with Crippen LogP contribution in [0.15, 0.2) is 24.3 Å². The Morgan fingerprint density at radius 1 is 1.04 bits per heavy atom. The molecule has 0 unspecified atom stereocenters. The summed E-state index contributed by atoms with van der Waals surface area (Å²) in [5.74, 6) is 0.784. The van der Waals surface area contributed by atoms with E-state index >= 15 is 0 Å². The van der Waals surface area contributed by atoms with Crippen LogP contribution in [-0.2, 0) is 0 Å². The number of anilines is 1. The van der Waals surface area contributed by atoms with E-state index in [1.165, 1.54) is 12.1 Å². The highest BCUT2D eigenvalue weighted by Gasteiger charge is 2.24. The SMILES string of the molecule is Cc1nc2c(-c3ccc(F)cc3)c(C)nn2c(N2CCC(O)CC2)c1C. The lowest BCUT2D eigenvalue weighted by atomic mass is 10.1. The first-order chi connectivity index (χ1) is 12.5. The normalized spacial score (nSPS) is 15.8. The zero-order chi connectivity index (χ0) is 18.4. The van der Waals surface area contributed by atoms with Crippen molar-refractivity contribution >= 4 is 11.5 Å². The quantitative estimate of drug-likeness (QED) is 0.766. The average molecular weight is 354 g/mol. The van der Waals surface area contributed by atoms with Gasteiger partial charge < -0.3 is 10.0 Å². The fraction of sp³-hybridized carbons (Fsp3) is 0.400. The van der Waals surface area contributed by atoms with E-state index in [0.29, 0.717) is 0 Å². The minimum atomic E-state index is -0.254. The second-order valence-electron chi connectivity index (χ2n) is 7.07. The maximum absolute atomic E-state index is 13.3. The standard InChI is InChI=1S/C20H23FN4O/c1-12-13(2)22-19-18(15-4-6-16(21)7-5-15)14(3)23-25(19)20(12)24-10-8-17(26)9-11-24/h4-7,17,26H,8-11H2,1-3H3. The molecule has 136 valence electrons. The lowest BCUT2D eigenvalue weighted by Gasteiger charge is -2.32. The Balaban J connectivity index is 1.92. The van der Waals surface area contributed by atoms with E-state index in [4.69, 9.17) is 10.1 Å². The third-order valence-corrected chi connectivity index (χ3v) is 5.29. The van der Waals surface area contributed by atoms with Crippen molar-refractivity contribution in [3.63, 3.8) is 0 Å². The van der Waals surface area contributed by atoms with Gasteiger partial charge in [0.15, 0.2) is 5.65 Å². The highest BCUT2D eigenvalue weighted by atomic mass is 19.1. The first-order valence-corrected chi connectivity index (χ1v) is 9.01. The summed E-state index contributed by atoms with van der Waals surface area (Å²) in [6.07, 6.45) is 1.29. The number of piperidine rings is 1. The maximum Gasteiger partial charge on any atom is 0.165 e. The average Bonchev–Trinajstić information content (AvgIpc) is 2.93. The largest absolute Gasteiger partial charge is 0.393 e. The summed E-state index contributed by atoms with van der Waals surface area (Å²) in [4.78, 5) is 7.08. The lowest BCUT2D eigenvalue weighted by molar-refractivity contribution is 0.145. The zero-order valence-electron chi connectivity index (χ0n) is 15.3. The third kappa shape index (κ3) is 2.74. The zero-order valence-corrected chi connectivity index (χ0v) is 15.3. The van der Waals surface area contributed by atoms with Crippen LogP contribution >= 0.6 is 0 Å². The Labute approximate surface area is 152 Å². The van der Waals surface area contributed by atoms with Gasteiger partial charge in [-0.3, -0.25) is 0 Å². The number of rotatable bonds is 2. The molecule has 0 amide bonds. The van der Waals surface area contributed by atoms with Gasteiger partial charge in [0, 0.05) is 29.9 Å². The van der Waals surface area contributed by atoms with Gasteiger partial charge in [-0.2, -0.15) is 9.61 Å². The molecule has 0 radical (unpaired) electrons. The Morgan fingerprint density at radius 2 is 1.69 bits per heavy atom. The summed E-state index contributed by atoms with van der Waals surface area (Å²) in [6, 6.07) is 6.47. The van der Waals surface area contributed by atoms with Crippen molar-refractivity contribution in [2.75, 3.05) is 18.0 Å². The van der Waals surface area contributed by atoms with Gasteiger partial charge in [-0.1, -0.05) is 12.1 Å². The van der Waals surface area contributed by atoms with E-state index in [0.717, 1.165) is 65.5 Å². The number of aryl methyl sites for hydroxylation is 2. The van der Waals surface area contributed by atoms with E-state index in [-0.39, 0.29) is 11.9 Å². The summed E-state index contributed by atoms with van der Waals surface area (Å²) < 4.78 is 15.2. The molecule has 5 nitrogen and oxygen atoms in total. The Hall–Kier alpha value is -2.47. The molecule has 6 heteroatoms. The number of hydrogen-bond acceptors (Lipinski definition) is 4. The van der Waals surface area contributed by atoms with Gasteiger partial charge in [0.2, 0.25) is 0 Å². The van der Waals surface area contributed by atoms with Crippen molar-refractivity contribution < 1.29 is 9.50 Å². The first-order valence-electron chi connectivity index (χ1n) is 9.01. The Kier molecular flexibility index (Phi) is 4.15. The summed E-state index contributed by atoms with van der Waals surface area (Å²) in [5, 5.41) is 14.6. The van der Waals surface area contributed by atoms with E-state index in [1.54, 1.807) is 12.1 Å². The first kappa shape index (κ1) is 17.0. The van der Waals surface area contributed by atoms with Gasteiger partial charge >= 0.3 is 0 Å². The summed E-state index contributed by atoms with van der Waals surface area (Å²) in [5.41, 5.74) is 5.57. The molecule has 1 aliphatic heterocycles. The van der Waals surface area contributed by atoms with Crippen molar-refractivity contribution in [1.29, 1.82) is 0 Å². The van der Waals surface area contributed by atoms with Crippen LogP contribution in [-0.4, -0.2) is 38.9 Å². The van der Waals surface area contributed by atoms with Gasteiger partial charge in [-0.05, 0) is 51.3 Å². The highest BCUT2D eigenvalue weighted by Crippen LogP contribution is 2.33. The molecule has 1 fully saturated rings. The van der Waals surface area contributed by atoms with Gasteiger partial charge in [0.05, 0.1) is 11.8 Å². The van der Waals surface area contributed by atoms with Crippen LogP contribution < -0.4 is 4.90 Å². The van der Waals surface area contributed by atoms with Crippen LogP contribution in [0.25, 0.3) is 16.8 Å². The van der Waals surface area contributed by atoms with Gasteiger partial charge in [0.1, 0.15) is 11.6 Å². The fourth-order valence-corrected chi connectivity index (χ4v) is 3.73. The third-order valence-electron chi connectivity index (χ3n) is 5.29.